The fourth-order valence-electron chi connectivity index (χ4n) is 2.81. The number of likely N-dealkylation sites (N-methyl/N-ethyl adjacent to an activating group) is 1. The smallest absolute Gasteiger partial charge is 0.257 e. The Kier molecular flexibility index (Phi) is 6.26. The lowest BCUT2D eigenvalue weighted by Gasteiger charge is -2.31. The molecular formula is C18H18Cl2FN3O3S. The number of amides is 1. The Morgan fingerprint density at radius 3 is 2.43 bits per heavy atom. The number of hydrogen-bond acceptors (Lipinski definition) is 4. The number of carbonyl (C=O) groups excluding carboxylic acids is 1. The molecule has 0 saturated carbocycles. The van der Waals surface area contributed by atoms with E-state index in [4.69, 9.17) is 23.2 Å². The summed E-state index contributed by atoms with van der Waals surface area (Å²) in [4.78, 5) is 14.6. The highest BCUT2D eigenvalue weighted by Gasteiger charge is 2.27. The zero-order chi connectivity index (χ0) is 20.5. The van der Waals surface area contributed by atoms with Crippen molar-refractivity contribution in [2.75, 3.05) is 38.5 Å². The maximum atomic E-state index is 13.7. The van der Waals surface area contributed by atoms with E-state index in [0.717, 1.165) is 12.1 Å². The molecule has 0 spiro atoms. The van der Waals surface area contributed by atoms with Crippen LogP contribution in [-0.4, -0.2) is 56.8 Å². The summed E-state index contributed by atoms with van der Waals surface area (Å²) in [7, 11) is -1.74. The second kappa shape index (κ2) is 8.34. The molecule has 0 atom stereocenters. The third-order valence-corrected chi connectivity index (χ3v) is 6.94. The summed E-state index contributed by atoms with van der Waals surface area (Å²) in [5.41, 5.74) is 0.155. The van der Waals surface area contributed by atoms with Crippen LogP contribution in [0, 0.1) is 5.82 Å². The predicted octanol–water partition coefficient (Wildman–Crippen LogP) is 3.32. The fraction of sp³-hybridized carbons (Fsp3) is 0.278. The number of sulfonamides is 1. The minimum absolute atomic E-state index is 0.00915. The number of carbonyl (C=O) groups is 1. The van der Waals surface area contributed by atoms with E-state index in [1.165, 1.54) is 22.5 Å². The summed E-state index contributed by atoms with van der Waals surface area (Å²) in [6.45, 7) is 2.09. The van der Waals surface area contributed by atoms with Gasteiger partial charge in [0.05, 0.1) is 20.5 Å². The first-order valence-corrected chi connectivity index (χ1v) is 10.6. The molecule has 1 fully saturated rings. The zero-order valence-corrected chi connectivity index (χ0v) is 17.3. The Labute approximate surface area is 172 Å². The largest absolute Gasteiger partial charge is 0.322 e. The van der Waals surface area contributed by atoms with Crippen LogP contribution in [0.3, 0.4) is 0 Å². The predicted molar refractivity (Wildman–Crippen MR) is 107 cm³/mol. The quantitative estimate of drug-likeness (QED) is 0.732. The Morgan fingerprint density at radius 2 is 1.75 bits per heavy atom. The van der Waals surface area contributed by atoms with Gasteiger partial charge >= 0.3 is 0 Å². The molecule has 0 bridgehead atoms. The first kappa shape index (κ1) is 21.0. The highest BCUT2D eigenvalue weighted by atomic mass is 35.5. The van der Waals surface area contributed by atoms with Gasteiger partial charge in [0.1, 0.15) is 5.82 Å². The van der Waals surface area contributed by atoms with E-state index < -0.39 is 21.7 Å². The van der Waals surface area contributed by atoms with Crippen molar-refractivity contribution in [1.29, 1.82) is 0 Å². The Morgan fingerprint density at radius 1 is 1.07 bits per heavy atom. The van der Waals surface area contributed by atoms with Gasteiger partial charge < -0.3 is 10.2 Å². The van der Waals surface area contributed by atoms with E-state index in [1.807, 2.05) is 7.05 Å². The SMILES string of the molecule is CN1CCN(S(=O)(=O)c2cccc(NC(=O)c3cc(F)c(Cl)cc3Cl)c2)CC1. The molecule has 0 unspecified atom stereocenters. The molecule has 2 aromatic rings. The summed E-state index contributed by atoms with van der Waals surface area (Å²) in [5, 5.41) is 2.34. The third kappa shape index (κ3) is 4.47. The Hall–Kier alpha value is -1.71. The minimum atomic E-state index is -3.68. The van der Waals surface area contributed by atoms with Crippen LogP contribution in [0.2, 0.25) is 10.0 Å². The van der Waals surface area contributed by atoms with Crippen molar-refractivity contribution >= 4 is 44.8 Å². The molecule has 6 nitrogen and oxygen atoms in total. The topological polar surface area (TPSA) is 69.7 Å². The van der Waals surface area contributed by atoms with Gasteiger partial charge in [0, 0.05) is 31.9 Å². The number of benzene rings is 2. The van der Waals surface area contributed by atoms with Crippen LogP contribution in [0.5, 0.6) is 0 Å². The van der Waals surface area contributed by atoms with Crippen LogP contribution in [0.15, 0.2) is 41.3 Å². The normalized spacial score (nSPS) is 16.1. The number of hydrogen-bond donors (Lipinski definition) is 1. The minimum Gasteiger partial charge on any atom is -0.322 e. The number of piperazine rings is 1. The third-order valence-electron chi connectivity index (χ3n) is 4.45. The molecule has 3 rings (SSSR count). The molecule has 10 heteroatoms. The van der Waals surface area contributed by atoms with E-state index >= 15 is 0 Å². The monoisotopic (exact) mass is 445 g/mol. The second-order valence-electron chi connectivity index (χ2n) is 6.44. The zero-order valence-electron chi connectivity index (χ0n) is 15.0. The van der Waals surface area contributed by atoms with E-state index in [-0.39, 0.29) is 26.2 Å². The first-order valence-electron chi connectivity index (χ1n) is 8.43. The average Bonchev–Trinajstić information content (AvgIpc) is 2.65. The van der Waals surface area contributed by atoms with E-state index in [2.05, 4.69) is 10.2 Å². The maximum absolute atomic E-state index is 13.7. The fourth-order valence-corrected chi connectivity index (χ4v) is 4.74. The number of anilines is 1. The number of halogens is 3. The van der Waals surface area contributed by atoms with Gasteiger partial charge in [-0.15, -0.1) is 0 Å². The van der Waals surface area contributed by atoms with Crippen molar-refractivity contribution in [2.45, 2.75) is 4.90 Å². The van der Waals surface area contributed by atoms with Gasteiger partial charge in [-0.05, 0) is 37.4 Å². The van der Waals surface area contributed by atoms with Crippen molar-refractivity contribution in [2.24, 2.45) is 0 Å². The van der Waals surface area contributed by atoms with Crippen molar-refractivity contribution in [1.82, 2.24) is 9.21 Å². The van der Waals surface area contributed by atoms with E-state index in [1.54, 1.807) is 6.07 Å². The van der Waals surface area contributed by atoms with Crippen molar-refractivity contribution in [3.05, 3.63) is 57.8 Å². The summed E-state index contributed by atoms with van der Waals surface area (Å²) in [6, 6.07) is 7.99. The van der Waals surface area contributed by atoms with Gasteiger partial charge in [-0.3, -0.25) is 4.79 Å². The van der Waals surface area contributed by atoms with Gasteiger partial charge in [0.25, 0.3) is 5.91 Å². The molecule has 2 aromatic carbocycles. The first-order chi connectivity index (χ1) is 13.2. The molecule has 1 heterocycles. The molecule has 28 heavy (non-hydrogen) atoms. The summed E-state index contributed by atoms with van der Waals surface area (Å²) >= 11 is 11.6. The van der Waals surface area contributed by atoms with Crippen molar-refractivity contribution in [3.8, 4) is 0 Å². The second-order valence-corrected chi connectivity index (χ2v) is 9.19. The lowest BCUT2D eigenvalue weighted by molar-refractivity contribution is 0.102. The lowest BCUT2D eigenvalue weighted by atomic mass is 10.2. The van der Waals surface area contributed by atoms with Crippen LogP contribution >= 0.6 is 23.2 Å². The Bertz CT molecular complexity index is 1010. The van der Waals surface area contributed by atoms with Gasteiger partial charge in [0.15, 0.2) is 0 Å². The molecule has 150 valence electrons. The van der Waals surface area contributed by atoms with Crippen molar-refractivity contribution in [3.63, 3.8) is 0 Å². The Balaban J connectivity index is 1.82. The average molecular weight is 446 g/mol. The molecular weight excluding hydrogens is 428 g/mol. The highest BCUT2D eigenvalue weighted by molar-refractivity contribution is 7.89. The molecule has 0 aliphatic carbocycles. The maximum Gasteiger partial charge on any atom is 0.257 e. The lowest BCUT2D eigenvalue weighted by Crippen LogP contribution is -2.47. The molecule has 1 amide bonds. The molecule has 0 radical (unpaired) electrons. The molecule has 1 aliphatic rings. The summed E-state index contributed by atoms with van der Waals surface area (Å²) in [5.74, 6) is -1.45. The van der Waals surface area contributed by atoms with Gasteiger partial charge in [-0.1, -0.05) is 29.3 Å². The van der Waals surface area contributed by atoms with Crippen molar-refractivity contribution < 1.29 is 17.6 Å². The van der Waals surface area contributed by atoms with E-state index in [0.29, 0.717) is 26.2 Å². The molecule has 1 N–H and O–H groups in total. The number of nitrogens with zero attached hydrogens (tertiary/aromatic N) is 2. The molecule has 0 aromatic heterocycles. The number of rotatable bonds is 4. The summed E-state index contributed by atoms with van der Waals surface area (Å²) < 4.78 is 40.8. The summed E-state index contributed by atoms with van der Waals surface area (Å²) in [6.07, 6.45) is 0. The van der Waals surface area contributed by atoms with Gasteiger partial charge in [-0.25, -0.2) is 12.8 Å². The number of nitrogens with one attached hydrogen (secondary N) is 1. The molecule has 1 saturated heterocycles. The molecule has 1 aliphatic heterocycles. The van der Waals surface area contributed by atoms with Crippen LogP contribution in [-0.2, 0) is 10.0 Å². The van der Waals surface area contributed by atoms with E-state index in [9.17, 15) is 17.6 Å². The van der Waals surface area contributed by atoms with Crippen LogP contribution in [0.25, 0.3) is 0 Å². The standard InChI is InChI=1S/C18H18Cl2FN3O3S/c1-23-5-7-24(8-6-23)28(26,27)13-4-2-3-12(9-13)22-18(25)14-10-17(21)16(20)11-15(14)19/h2-4,9-11H,5-8H2,1H3,(H,22,25). The van der Waals surface area contributed by atoms with Crippen LogP contribution < -0.4 is 5.32 Å². The highest BCUT2D eigenvalue weighted by Crippen LogP contribution is 2.26. The van der Waals surface area contributed by atoms with Crippen LogP contribution in [0.1, 0.15) is 10.4 Å². The van der Waals surface area contributed by atoms with Gasteiger partial charge in [0.2, 0.25) is 10.0 Å². The van der Waals surface area contributed by atoms with Crippen LogP contribution in [0.4, 0.5) is 10.1 Å². The van der Waals surface area contributed by atoms with Gasteiger partial charge in [-0.2, -0.15) is 4.31 Å².